The summed E-state index contributed by atoms with van der Waals surface area (Å²) in [6, 6.07) is 13.8. The van der Waals surface area contributed by atoms with E-state index >= 15 is 0 Å². The fourth-order valence-electron chi connectivity index (χ4n) is 4.87. The molecular weight excluding hydrogens is 390 g/mol. The van der Waals surface area contributed by atoms with Gasteiger partial charge in [0.25, 0.3) is 5.56 Å². The van der Waals surface area contributed by atoms with Crippen LogP contribution in [0.25, 0.3) is 11.3 Å². The molecule has 1 aliphatic heterocycles. The molecule has 1 amide bonds. The number of carbonyl (C=O) groups excluding carboxylic acids is 1. The van der Waals surface area contributed by atoms with Gasteiger partial charge in [0.05, 0.1) is 0 Å². The van der Waals surface area contributed by atoms with Gasteiger partial charge in [0.15, 0.2) is 0 Å². The van der Waals surface area contributed by atoms with Gasteiger partial charge in [-0.1, -0.05) is 49.2 Å². The molecule has 6 heteroatoms. The monoisotopic (exact) mass is 423 g/mol. The first-order valence-corrected chi connectivity index (χ1v) is 11.3. The van der Waals surface area contributed by atoms with Gasteiger partial charge in [-0.2, -0.15) is 0 Å². The molecule has 1 spiro atoms. The third-order valence-corrected chi connectivity index (χ3v) is 6.42. The second-order valence-electron chi connectivity index (χ2n) is 9.85. The summed E-state index contributed by atoms with van der Waals surface area (Å²) in [7, 11) is 0. The van der Waals surface area contributed by atoms with Crippen LogP contribution in [-0.2, 0) is 11.3 Å². The number of rotatable bonds is 3. The maximum Gasteiger partial charge on any atom is 0.410 e. The van der Waals surface area contributed by atoms with Gasteiger partial charge in [0.1, 0.15) is 5.60 Å². The molecule has 1 saturated heterocycles. The number of aromatic amines is 1. The maximum absolute atomic E-state index is 12.9. The van der Waals surface area contributed by atoms with E-state index in [4.69, 9.17) is 4.74 Å². The number of nitrogens with zero attached hydrogens (tertiary/aromatic N) is 2. The minimum atomic E-state index is -0.495. The van der Waals surface area contributed by atoms with Gasteiger partial charge in [0.2, 0.25) is 0 Å². The van der Waals surface area contributed by atoms with Crippen molar-refractivity contribution in [1.82, 2.24) is 14.8 Å². The molecular formula is C25H33N3O3. The molecule has 2 fully saturated rings. The Morgan fingerprint density at radius 2 is 1.77 bits per heavy atom. The largest absolute Gasteiger partial charge is 0.444 e. The molecule has 1 aromatic carbocycles. The van der Waals surface area contributed by atoms with E-state index in [9.17, 15) is 9.59 Å². The van der Waals surface area contributed by atoms with Crippen LogP contribution in [0, 0.1) is 0 Å². The van der Waals surface area contributed by atoms with E-state index in [1.165, 1.54) is 0 Å². The second kappa shape index (κ2) is 8.50. The smallest absolute Gasteiger partial charge is 0.410 e. The van der Waals surface area contributed by atoms with Crippen LogP contribution in [0.5, 0.6) is 0 Å². The number of pyridine rings is 1. The van der Waals surface area contributed by atoms with Crippen molar-refractivity contribution in [2.45, 2.75) is 64.1 Å². The number of H-pyrrole nitrogens is 1. The minimum Gasteiger partial charge on any atom is -0.444 e. The number of piperazine rings is 1. The fraction of sp³-hybridized carbons (Fsp3) is 0.520. The first kappa shape index (κ1) is 21.6. The summed E-state index contributed by atoms with van der Waals surface area (Å²) in [5, 5.41) is 0. The lowest BCUT2D eigenvalue weighted by molar-refractivity contribution is -0.0279. The van der Waals surface area contributed by atoms with E-state index in [0.29, 0.717) is 19.6 Å². The summed E-state index contributed by atoms with van der Waals surface area (Å²) >= 11 is 0. The molecule has 6 nitrogen and oxygen atoms in total. The van der Waals surface area contributed by atoms with Gasteiger partial charge in [0, 0.05) is 43.0 Å². The summed E-state index contributed by atoms with van der Waals surface area (Å²) in [6.07, 6.45) is 4.17. The topological polar surface area (TPSA) is 65.6 Å². The Labute approximate surface area is 184 Å². The molecule has 31 heavy (non-hydrogen) atoms. The normalized spacial score (nSPS) is 19.0. The number of benzene rings is 1. The van der Waals surface area contributed by atoms with Crippen LogP contribution in [-0.4, -0.2) is 51.7 Å². The lowest BCUT2D eigenvalue weighted by Crippen LogP contribution is -2.62. The molecule has 2 aromatic rings. The zero-order valence-corrected chi connectivity index (χ0v) is 18.8. The number of ether oxygens (including phenoxy) is 1. The Morgan fingerprint density at radius 3 is 2.42 bits per heavy atom. The summed E-state index contributed by atoms with van der Waals surface area (Å²) in [4.78, 5) is 32.9. The zero-order chi connectivity index (χ0) is 22.1. The van der Waals surface area contributed by atoms with Crippen LogP contribution in [0.15, 0.2) is 47.3 Å². The predicted octanol–water partition coefficient (Wildman–Crippen LogP) is 4.41. The highest BCUT2D eigenvalue weighted by Crippen LogP contribution is 2.39. The molecule has 0 unspecified atom stereocenters. The Bertz CT molecular complexity index is 971. The quantitative estimate of drug-likeness (QED) is 0.794. The van der Waals surface area contributed by atoms with Crippen LogP contribution in [0.1, 0.15) is 52.0 Å². The number of amides is 1. The zero-order valence-electron chi connectivity index (χ0n) is 18.8. The summed E-state index contributed by atoms with van der Waals surface area (Å²) in [6.45, 7) is 8.35. The van der Waals surface area contributed by atoms with Crippen molar-refractivity contribution in [1.29, 1.82) is 0 Å². The molecule has 1 saturated carbocycles. The minimum absolute atomic E-state index is 0.0379. The molecule has 0 atom stereocenters. The van der Waals surface area contributed by atoms with Crippen LogP contribution >= 0.6 is 0 Å². The van der Waals surface area contributed by atoms with Gasteiger partial charge in [-0.25, -0.2) is 4.79 Å². The van der Waals surface area contributed by atoms with Crippen LogP contribution < -0.4 is 5.56 Å². The van der Waals surface area contributed by atoms with Crippen molar-refractivity contribution in [3.63, 3.8) is 0 Å². The number of aromatic nitrogens is 1. The molecule has 0 bridgehead atoms. The molecule has 2 aliphatic rings. The van der Waals surface area contributed by atoms with Crippen LogP contribution in [0.2, 0.25) is 0 Å². The van der Waals surface area contributed by atoms with E-state index in [2.05, 4.69) is 9.88 Å². The van der Waals surface area contributed by atoms with Crippen molar-refractivity contribution in [2.24, 2.45) is 0 Å². The van der Waals surface area contributed by atoms with Crippen LogP contribution in [0.4, 0.5) is 4.79 Å². The number of hydrogen-bond acceptors (Lipinski definition) is 4. The van der Waals surface area contributed by atoms with Gasteiger partial charge in [-0.05, 0) is 45.2 Å². The first-order valence-electron chi connectivity index (χ1n) is 11.3. The molecule has 4 rings (SSSR count). The molecule has 1 aliphatic carbocycles. The second-order valence-corrected chi connectivity index (χ2v) is 9.85. The average molecular weight is 424 g/mol. The van der Waals surface area contributed by atoms with Gasteiger partial charge in [-0.15, -0.1) is 0 Å². The Morgan fingerprint density at radius 1 is 1.06 bits per heavy atom. The first-order chi connectivity index (χ1) is 14.8. The Hall–Kier alpha value is -2.60. The lowest BCUT2D eigenvalue weighted by Gasteiger charge is -2.49. The van der Waals surface area contributed by atoms with E-state index in [1.54, 1.807) is 0 Å². The van der Waals surface area contributed by atoms with E-state index in [-0.39, 0.29) is 17.2 Å². The summed E-state index contributed by atoms with van der Waals surface area (Å²) in [5.41, 5.74) is 2.01. The van der Waals surface area contributed by atoms with Gasteiger partial charge in [-0.3, -0.25) is 9.69 Å². The third-order valence-electron chi connectivity index (χ3n) is 6.42. The SMILES string of the molecule is CC(C)(C)OC(=O)N1CCN(Cc2ccc(-c3ccccc3)[nH]c2=O)C2(CCCC2)C1. The highest BCUT2D eigenvalue weighted by atomic mass is 16.6. The maximum atomic E-state index is 12.9. The number of carbonyl (C=O) groups is 1. The Kier molecular flexibility index (Phi) is 5.93. The fourth-order valence-corrected chi connectivity index (χ4v) is 4.87. The highest BCUT2D eigenvalue weighted by Gasteiger charge is 2.45. The molecule has 1 N–H and O–H groups in total. The van der Waals surface area contributed by atoms with Crippen molar-refractivity contribution in [3.8, 4) is 11.3 Å². The average Bonchev–Trinajstić information content (AvgIpc) is 3.19. The molecule has 1 aromatic heterocycles. The van der Waals surface area contributed by atoms with Crippen molar-refractivity contribution in [2.75, 3.05) is 19.6 Å². The van der Waals surface area contributed by atoms with Crippen molar-refractivity contribution < 1.29 is 9.53 Å². The van der Waals surface area contributed by atoms with E-state index in [1.807, 2.05) is 68.1 Å². The molecule has 2 heterocycles. The van der Waals surface area contributed by atoms with Crippen LogP contribution in [0.3, 0.4) is 0 Å². The van der Waals surface area contributed by atoms with Gasteiger partial charge >= 0.3 is 6.09 Å². The number of hydrogen-bond donors (Lipinski definition) is 1. The molecule has 166 valence electrons. The number of nitrogens with one attached hydrogen (secondary N) is 1. The van der Waals surface area contributed by atoms with E-state index in [0.717, 1.165) is 49.0 Å². The third kappa shape index (κ3) is 4.85. The molecule has 0 radical (unpaired) electrons. The van der Waals surface area contributed by atoms with Crippen molar-refractivity contribution in [3.05, 3.63) is 58.4 Å². The van der Waals surface area contributed by atoms with Crippen molar-refractivity contribution >= 4 is 6.09 Å². The standard InChI is InChI=1S/C25H33N3O3/c1-24(2,3)31-23(30)27-15-16-28(25(18-27)13-7-8-14-25)17-20-11-12-21(26-22(20)29)19-9-5-4-6-10-19/h4-6,9-12H,7-8,13-18H2,1-3H3,(H,26,29). The summed E-state index contributed by atoms with van der Waals surface area (Å²) in [5.74, 6) is 0. The predicted molar refractivity (Wildman–Crippen MR) is 122 cm³/mol. The summed E-state index contributed by atoms with van der Waals surface area (Å²) < 4.78 is 5.62. The Balaban J connectivity index is 1.51. The highest BCUT2D eigenvalue weighted by molar-refractivity contribution is 5.68. The van der Waals surface area contributed by atoms with E-state index < -0.39 is 5.60 Å². The van der Waals surface area contributed by atoms with Gasteiger partial charge < -0.3 is 14.6 Å². The lowest BCUT2D eigenvalue weighted by atomic mass is 9.91.